The van der Waals surface area contributed by atoms with E-state index in [1.165, 1.54) is 0 Å². The fraction of sp³-hybridized carbons (Fsp3) is 0.556. The van der Waals surface area contributed by atoms with Crippen molar-refractivity contribution in [2.45, 2.75) is 37.1 Å². The highest BCUT2D eigenvalue weighted by Crippen LogP contribution is 2.42. The Morgan fingerprint density at radius 3 is 2.48 bits per heavy atom. The highest BCUT2D eigenvalue weighted by Gasteiger charge is 2.43. The Labute approximate surface area is 153 Å². The molecule has 3 aliphatic rings. The van der Waals surface area contributed by atoms with E-state index in [2.05, 4.69) is 5.32 Å². The quantitative estimate of drug-likeness (QED) is 0.861. The maximum absolute atomic E-state index is 12.6. The molecule has 0 bridgehead atoms. The third kappa shape index (κ3) is 2.87. The fourth-order valence-corrected chi connectivity index (χ4v) is 4.40. The molecule has 1 aromatic carbocycles. The number of hydrogen-bond donors (Lipinski definition) is 2. The minimum Gasteiger partial charge on any atom is -0.481 e. The number of halogens is 1. The van der Waals surface area contributed by atoms with Gasteiger partial charge in [-0.25, -0.2) is 4.79 Å². The SMILES string of the molecule is Cl.O=C1N(c2ccc(C3(C(=O)O)CCCC3)cc2)C[C@@H]2CNCCN12. The Hall–Kier alpha value is -1.79. The molecule has 0 spiro atoms. The highest BCUT2D eigenvalue weighted by molar-refractivity contribution is 5.95. The number of piperazine rings is 1. The molecule has 2 N–H and O–H groups in total. The number of urea groups is 1. The van der Waals surface area contributed by atoms with E-state index in [1.54, 1.807) is 0 Å². The third-order valence-corrected chi connectivity index (χ3v) is 5.82. The number of carboxylic acids is 1. The van der Waals surface area contributed by atoms with Crippen LogP contribution in [-0.4, -0.2) is 54.2 Å². The predicted molar refractivity (Wildman–Crippen MR) is 97.6 cm³/mol. The first-order valence-electron chi connectivity index (χ1n) is 8.75. The van der Waals surface area contributed by atoms with E-state index in [9.17, 15) is 14.7 Å². The summed E-state index contributed by atoms with van der Waals surface area (Å²) in [7, 11) is 0. The molecule has 0 radical (unpaired) electrons. The number of carboxylic acid groups (broad SMARTS) is 1. The molecule has 0 aromatic heterocycles. The molecule has 6 nitrogen and oxygen atoms in total. The summed E-state index contributed by atoms with van der Waals surface area (Å²) in [4.78, 5) is 28.1. The van der Waals surface area contributed by atoms with Gasteiger partial charge < -0.3 is 15.3 Å². The summed E-state index contributed by atoms with van der Waals surface area (Å²) in [6.45, 7) is 3.12. The Balaban J connectivity index is 0.00000182. The molecule has 25 heavy (non-hydrogen) atoms. The zero-order chi connectivity index (χ0) is 16.7. The largest absolute Gasteiger partial charge is 0.481 e. The summed E-state index contributed by atoms with van der Waals surface area (Å²) < 4.78 is 0. The summed E-state index contributed by atoms with van der Waals surface area (Å²) in [5, 5.41) is 13.0. The van der Waals surface area contributed by atoms with E-state index in [4.69, 9.17) is 0 Å². The number of nitrogens with zero attached hydrogens (tertiary/aromatic N) is 2. The zero-order valence-electron chi connectivity index (χ0n) is 14.1. The van der Waals surface area contributed by atoms with Crippen LogP contribution in [-0.2, 0) is 10.2 Å². The van der Waals surface area contributed by atoms with E-state index in [0.29, 0.717) is 19.4 Å². The van der Waals surface area contributed by atoms with Crippen LogP contribution >= 0.6 is 12.4 Å². The molecule has 2 saturated heterocycles. The van der Waals surface area contributed by atoms with Crippen LogP contribution in [0.15, 0.2) is 24.3 Å². The van der Waals surface area contributed by atoms with E-state index >= 15 is 0 Å². The average molecular weight is 366 g/mol. The minimum atomic E-state index is -0.741. The number of fused-ring (bicyclic) bond motifs is 1. The molecular weight excluding hydrogens is 342 g/mol. The Kier molecular flexibility index (Phi) is 4.93. The first kappa shape index (κ1) is 18.0. The van der Waals surface area contributed by atoms with E-state index in [1.807, 2.05) is 34.1 Å². The molecule has 1 atom stereocenters. The van der Waals surface area contributed by atoms with Crippen LogP contribution < -0.4 is 10.2 Å². The smallest absolute Gasteiger partial charge is 0.324 e. The summed E-state index contributed by atoms with van der Waals surface area (Å²) in [6, 6.07) is 7.90. The van der Waals surface area contributed by atoms with Gasteiger partial charge in [-0.2, -0.15) is 0 Å². The fourth-order valence-electron chi connectivity index (χ4n) is 4.40. The normalized spacial score (nSPS) is 24.8. The number of aliphatic carboxylic acids is 1. The van der Waals surface area contributed by atoms with Crippen LogP contribution in [0.4, 0.5) is 10.5 Å². The van der Waals surface area contributed by atoms with Crippen molar-refractivity contribution in [2.24, 2.45) is 0 Å². The van der Waals surface area contributed by atoms with Crippen molar-refractivity contribution in [3.05, 3.63) is 29.8 Å². The molecule has 1 aromatic rings. The van der Waals surface area contributed by atoms with Crippen molar-refractivity contribution in [3.8, 4) is 0 Å². The van der Waals surface area contributed by atoms with Crippen molar-refractivity contribution < 1.29 is 14.7 Å². The van der Waals surface area contributed by atoms with Gasteiger partial charge in [-0.15, -0.1) is 12.4 Å². The number of rotatable bonds is 3. The molecule has 7 heteroatoms. The average Bonchev–Trinajstić information content (AvgIpc) is 3.22. The molecular formula is C18H24ClN3O3. The predicted octanol–water partition coefficient (Wildman–Crippen LogP) is 2.22. The molecule has 4 rings (SSSR count). The van der Waals surface area contributed by atoms with Gasteiger partial charge >= 0.3 is 12.0 Å². The molecule has 2 heterocycles. The monoisotopic (exact) mass is 365 g/mol. The molecule has 1 aliphatic carbocycles. The Morgan fingerprint density at radius 2 is 1.88 bits per heavy atom. The van der Waals surface area contributed by atoms with Crippen LogP contribution in [0, 0.1) is 0 Å². The topological polar surface area (TPSA) is 72.9 Å². The van der Waals surface area contributed by atoms with Gasteiger partial charge in [-0.3, -0.25) is 9.69 Å². The first-order chi connectivity index (χ1) is 11.6. The lowest BCUT2D eigenvalue weighted by molar-refractivity contribution is -0.143. The van der Waals surface area contributed by atoms with Crippen molar-refractivity contribution in [1.29, 1.82) is 0 Å². The number of carbonyl (C=O) groups is 2. The zero-order valence-corrected chi connectivity index (χ0v) is 14.9. The summed E-state index contributed by atoms with van der Waals surface area (Å²) in [6.07, 6.45) is 3.32. The lowest BCUT2D eigenvalue weighted by atomic mass is 9.79. The molecule has 136 valence electrons. The van der Waals surface area contributed by atoms with Crippen LogP contribution in [0.2, 0.25) is 0 Å². The van der Waals surface area contributed by atoms with Crippen molar-refractivity contribution in [1.82, 2.24) is 10.2 Å². The number of anilines is 1. The second kappa shape index (κ2) is 6.84. The van der Waals surface area contributed by atoms with E-state index in [0.717, 1.165) is 43.7 Å². The van der Waals surface area contributed by atoms with Gasteiger partial charge in [0.2, 0.25) is 0 Å². The maximum atomic E-state index is 12.6. The van der Waals surface area contributed by atoms with Gasteiger partial charge in [-0.1, -0.05) is 25.0 Å². The van der Waals surface area contributed by atoms with Crippen LogP contribution in [0.1, 0.15) is 31.2 Å². The number of hydrogen-bond acceptors (Lipinski definition) is 3. The molecule has 2 amide bonds. The second-order valence-electron chi connectivity index (χ2n) is 7.09. The van der Waals surface area contributed by atoms with Gasteiger partial charge in [0.1, 0.15) is 0 Å². The van der Waals surface area contributed by atoms with Crippen molar-refractivity contribution >= 4 is 30.1 Å². The van der Waals surface area contributed by atoms with Gasteiger partial charge in [0.25, 0.3) is 0 Å². The van der Waals surface area contributed by atoms with E-state index in [-0.39, 0.29) is 24.5 Å². The van der Waals surface area contributed by atoms with Crippen LogP contribution in [0.5, 0.6) is 0 Å². The van der Waals surface area contributed by atoms with Gasteiger partial charge in [0.05, 0.1) is 11.5 Å². The molecule has 2 aliphatic heterocycles. The Bertz CT molecular complexity index is 658. The number of amides is 2. The van der Waals surface area contributed by atoms with Crippen molar-refractivity contribution in [2.75, 3.05) is 31.1 Å². The van der Waals surface area contributed by atoms with Crippen LogP contribution in [0.3, 0.4) is 0 Å². The first-order valence-corrected chi connectivity index (χ1v) is 8.75. The lowest BCUT2D eigenvalue weighted by Crippen LogP contribution is -2.49. The molecule has 3 fully saturated rings. The lowest BCUT2D eigenvalue weighted by Gasteiger charge is -2.28. The number of benzene rings is 1. The highest BCUT2D eigenvalue weighted by atomic mass is 35.5. The number of nitrogens with one attached hydrogen (secondary N) is 1. The molecule has 1 saturated carbocycles. The van der Waals surface area contributed by atoms with Gasteiger partial charge in [0, 0.05) is 31.9 Å². The standard InChI is InChI=1S/C18H23N3O3.ClH/c22-16(23)18(7-1-2-8-18)13-3-5-14(6-4-13)21-12-15-11-19-9-10-20(15)17(21)24;/h3-6,15,19H,1-2,7-12H2,(H,22,23);1H/t15-;/m0./s1. The second-order valence-corrected chi connectivity index (χ2v) is 7.09. The third-order valence-electron chi connectivity index (χ3n) is 5.82. The summed E-state index contributed by atoms with van der Waals surface area (Å²) >= 11 is 0. The summed E-state index contributed by atoms with van der Waals surface area (Å²) in [5.41, 5.74) is 0.980. The Morgan fingerprint density at radius 1 is 1.20 bits per heavy atom. The maximum Gasteiger partial charge on any atom is 0.324 e. The van der Waals surface area contributed by atoms with E-state index < -0.39 is 11.4 Å². The number of carbonyl (C=O) groups excluding carboxylic acids is 1. The molecule has 0 unspecified atom stereocenters. The van der Waals surface area contributed by atoms with Crippen LogP contribution in [0.25, 0.3) is 0 Å². The van der Waals surface area contributed by atoms with Crippen molar-refractivity contribution in [3.63, 3.8) is 0 Å². The van der Waals surface area contributed by atoms with Gasteiger partial charge in [-0.05, 0) is 30.5 Å². The van der Waals surface area contributed by atoms with Gasteiger partial charge in [0.15, 0.2) is 0 Å². The summed E-state index contributed by atoms with van der Waals surface area (Å²) in [5.74, 6) is -0.729. The minimum absolute atomic E-state index is 0.